The van der Waals surface area contributed by atoms with Crippen LogP contribution in [0.5, 0.6) is 0 Å². The van der Waals surface area contributed by atoms with Gasteiger partial charge in [0.25, 0.3) is 0 Å². The SMILES string of the molecule is C#CNC.CCC. The topological polar surface area (TPSA) is 12.0 Å². The van der Waals surface area contributed by atoms with Crippen molar-refractivity contribution in [3.8, 4) is 12.5 Å². The van der Waals surface area contributed by atoms with Crippen LogP contribution in [0.1, 0.15) is 20.3 Å². The van der Waals surface area contributed by atoms with Crippen LogP contribution in [-0.2, 0) is 0 Å². The molecule has 0 atom stereocenters. The molecule has 0 aliphatic carbocycles. The maximum atomic E-state index is 4.67. The molecule has 1 nitrogen and oxygen atoms in total. The molecule has 0 saturated carbocycles. The number of nitrogens with one attached hydrogen (secondary N) is 1. The van der Waals surface area contributed by atoms with Crippen molar-refractivity contribution in [2.45, 2.75) is 20.3 Å². The minimum absolute atomic E-state index is 1.25. The summed E-state index contributed by atoms with van der Waals surface area (Å²) in [5.41, 5.74) is 0. The Morgan fingerprint density at radius 2 is 1.71 bits per heavy atom. The van der Waals surface area contributed by atoms with Gasteiger partial charge in [-0.15, -0.1) is 0 Å². The second kappa shape index (κ2) is 18.3. The highest BCUT2D eigenvalue weighted by atomic mass is 14.8. The van der Waals surface area contributed by atoms with Gasteiger partial charge in [-0.25, -0.2) is 0 Å². The van der Waals surface area contributed by atoms with Crippen LogP contribution in [0.15, 0.2) is 0 Å². The van der Waals surface area contributed by atoms with Crippen molar-refractivity contribution in [1.29, 1.82) is 0 Å². The van der Waals surface area contributed by atoms with Gasteiger partial charge in [-0.2, -0.15) is 0 Å². The Morgan fingerprint density at radius 3 is 1.71 bits per heavy atom. The van der Waals surface area contributed by atoms with Crippen molar-refractivity contribution >= 4 is 0 Å². The maximum absolute atomic E-state index is 4.67. The monoisotopic (exact) mass is 99.1 g/mol. The van der Waals surface area contributed by atoms with Gasteiger partial charge in [0.15, 0.2) is 0 Å². The normalized spacial score (nSPS) is 4.86. The van der Waals surface area contributed by atoms with Gasteiger partial charge in [0.05, 0.1) is 0 Å². The summed E-state index contributed by atoms with van der Waals surface area (Å²) < 4.78 is 0. The highest BCUT2D eigenvalue weighted by molar-refractivity contribution is 4.75. The predicted octanol–water partition coefficient (Wildman–Crippen LogP) is 1.21. The molecule has 0 aromatic heterocycles. The summed E-state index contributed by atoms with van der Waals surface area (Å²) in [7, 11) is 1.69. The fourth-order valence-electron chi connectivity index (χ4n) is 0. The summed E-state index contributed by atoms with van der Waals surface area (Å²) in [6, 6.07) is 2.18. The van der Waals surface area contributed by atoms with Crippen molar-refractivity contribution in [3.05, 3.63) is 0 Å². The van der Waals surface area contributed by atoms with Crippen LogP contribution in [0.3, 0.4) is 0 Å². The van der Waals surface area contributed by atoms with E-state index in [-0.39, 0.29) is 0 Å². The molecular formula is C6H13N. The summed E-state index contributed by atoms with van der Waals surface area (Å²) in [6.45, 7) is 4.25. The Morgan fingerprint density at radius 1 is 1.57 bits per heavy atom. The molecule has 1 N–H and O–H groups in total. The minimum Gasteiger partial charge on any atom is -0.349 e. The zero-order valence-electron chi connectivity index (χ0n) is 5.28. The van der Waals surface area contributed by atoms with E-state index in [1.165, 1.54) is 6.42 Å². The molecule has 0 aliphatic rings. The maximum Gasteiger partial charge on any atom is 0.0116 e. The molecule has 0 aromatic carbocycles. The molecule has 1 heteroatoms. The van der Waals surface area contributed by atoms with Crippen molar-refractivity contribution in [3.63, 3.8) is 0 Å². The van der Waals surface area contributed by atoms with E-state index in [2.05, 4.69) is 31.6 Å². The molecule has 0 spiro atoms. The predicted molar refractivity (Wildman–Crippen MR) is 33.9 cm³/mol. The lowest BCUT2D eigenvalue weighted by Crippen LogP contribution is -1.89. The van der Waals surface area contributed by atoms with Crippen LogP contribution in [-0.4, -0.2) is 7.05 Å². The van der Waals surface area contributed by atoms with Crippen molar-refractivity contribution in [2.75, 3.05) is 7.05 Å². The fraction of sp³-hybridized carbons (Fsp3) is 0.667. The van der Waals surface area contributed by atoms with Crippen molar-refractivity contribution in [1.82, 2.24) is 5.32 Å². The third kappa shape index (κ3) is 467. The van der Waals surface area contributed by atoms with E-state index in [9.17, 15) is 0 Å². The van der Waals surface area contributed by atoms with Crippen LogP contribution in [0, 0.1) is 12.5 Å². The molecule has 0 saturated heterocycles. The van der Waals surface area contributed by atoms with E-state index in [1.54, 1.807) is 7.05 Å². The lowest BCUT2D eigenvalue weighted by atomic mass is 10.6. The van der Waals surface area contributed by atoms with Gasteiger partial charge in [0.2, 0.25) is 0 Å². The Hall–Kier alpha value is -0.640. The summed E-state index contributed by atoms with van der Waals surface area (Å²) >= 11 is 0. The number of hydrogen-bond acceptors (Lipinski definition) is 1. The average molecular weight is 99.2 g/mol. The molecule has 0 fully saturated rings. The molecule has 0 aromatic rings. The van der Waals surface area contributed by atoms with Crippen LogP contribution < -0.4 is 5.32 Å². The van der Waals surface area contributed by atoms with Crippen molar-refractivity contribution in [2.24, 2.45) is 0 Å². The Labute approximate surface area is 46.1 Å². The molecule has 0 unspecified atom stereocenters. The molecule has 0 radical (unpaired) electrons. The lowest BCUT2D eigenvalue weighted by Gasteiger charge is -1.65. The van der Waals surface area contributed by atoms with E-state index in [0.29, 0.717) is 0 Å². The highest BCUT2D eigenvalue weighted by Crippen LogP contribution is 1.56. The zero-order valence-corrected chi connectivity index (χ0v) is 5.28. The third-order valence-corrected chi connectivity index (χ3v) is 0.144. The van der Waals surface area contributed by atoms with Gasteiger partial charge in [-0.1, -0.05) is 26.7 Å². The molecule has 0 aliphatic heterocycles. The Balaban J connectivity index is 0. The first-order valence-electron chi connectivity index (χ1n) is 2.45. The van der Waals surface area contributed by atoms with E-state index >= 15 is 0 Å². The quantitative estimate of drug-likeness (QED) is 0.355. The van der Waals surface area contributed by atoms with E-state index in [0.717, 1.165) is 0 Å². The van der Waals surface area contributed by atoms with Gasteiger partial charge < -0.3 is 5.32 Å². The Kier molecular flexibility index (Phi) is 25.1. The molecule has 42 valence electrons. The number of hydrogen-bond donors (Lipinski definition) is 1. The van der Waals surface area contributed by atoms with Crippen LogP contribution in [0.2, 0.25) is 0 Å². The zero-order chi connectivity index (χ0) is 6.12. The standard InChI is InChI=1S/C3H5N.C3H8/c1-3-4-2;1-3-2/h1,4H,2H3;3H2,1-2H3. The highest BCUT2D eigenvalue weighted by Gasteiger charge is 1.35. The lowest BCUT2D eigenvalue weighted by molar-refractivity contribution is 1.09. The molecule has 0 bridgehead atoms. The molecule has 0 rings (SSSR count). The molecule has 7 heavy (non-hydrogen) atoms. The molecule has 0 amide bonds. The van der Waals surface area contributed by atoms with E-state index in [4.69, 9.17) is 0 Å². The van der Waals surface area contributed by atoms with E-state index < -0.39 is 0 Å². The fourth-order valence-corrected chi connectivity index (χ4v) is 0. The first kappa shape index (κ1) is 9.61. The van der Waals surface area contributed by atoms with Crippen molar-refractivity contribution < 1.29 is 0 Å². The number of terminal acetylenes is 1. The summed E-state index contributed by atoms with van der Waals surface area (Å²) in [4.78, 5) is 0. The summed E-state index contributed by atoms with van der Waals surface area (Å²) in [5.74, 6) is 0. The summed E-state index contributed by atoms with van der Waals surface area (Å²) in [5, 5.41) is 2.46. The second-order valence-electron chi connectivity index (χ2n) is 1.10. The third-order valence-electron chi connectivity index (χ3n) is 0.144. The van der Waals surface area contributed by atoms with Gasteiger partial charge in [0, 0.05) is 13.1 Å². The van der Waals surface area contributed by atoms with Gasteiger partial charge in [-0.05, 0) is 0 Å². The van der Waals surface area contributed by atoms with Gasteiger partial charge in [-0.3, -0.25) is 0 Å². The molecule has 0 heterocycles. The van der Waals surface area contributed by atoms with Crippen LogP contribution in [0.25, 0.3) is 0 Å². The number of rotatable bonds is 0. The molecular weight excluding hydrogens is 86.1 g/mol. The van der Waals surface area contributed by atoms with Gasteiger partial charge >= 0.3 is 0 Å². The smallest absolute Gasteiger partial charge is 0.0116 e. The summed E-state index contributed by atoms with van der Waals surface area (Å²) in [6.07, 6.45) is 5.92. The van der Waals surface area contributed by atoms with Gasteiger partial charge in [0.1, 0.15) is 0 Å². The Bertz CT molecular complexity index is 42.6. The first-order valence-corrected chi connectivity index (χ1v) is 2.45. The average Bonchev–Trinajstić information content (AvgIpc) is 1.69. The first-order chi connectivity index (χ1) is 3.33. The second-order valence-corrected chi connectivity index (χ2v) is 1.10. The minimum atomic E-state index is 1.25. The van der Waals surface area contributed by atoms with Crippen LogP contribution in [0.4, 0.5) is 0 Å². The largest absolute Gasteiger partial charge is 0.349 e. The van der Waals surface area contributed by atoms with Crippen LogP contribution >= 0.6 is 0 Å². The van der Waals surface area contributed by atoms with E-state index in [1.807, 2.05) is 0 Å².